The van der Waals surface area contributed by atoms with Crippen LogP contribution >= 0.6 is 23.2 Å². The maximum absolute atomic E-state index is 12.4. The number of hydrogen-bond donors (Lipinski definition) is 0. The summed E-state index contributed by atoms with van der Waals surface area (Å²) in [6, 6.07) is 0. The number of hydrogen-bond acceptors (Lipinski definition) is 1. The normalized spacial score (nSPS) is 26.7. The van der Waals surface area contributed by atoms with Gasteiger partial charge in [0.15, 0.2) is 0 Å². The van der Waals surface area contributed by atoms with Crippen molar-refractivity contribution < 1.29 is 22.4 Å². The molecular formula is C5Cl2F4O. The highest BCUT2D eigenvalue weighted by atomic mass is 35.5. The summed E-state index contributed by atoms with van der Waals surface area (Å²) in [6.07, 6.45) is 0. The van der Waals surface area contributed by atoms with Gasteiger partial charge in [0, 0.05) is 0 Å². The van der Waals surface area contributed by atoms with E-state index in [1.165, 1.54) is 0 Å². The Bertz CT molecular complexity index is 283. The number of Topliss-reactive ketones (excluding diaryl/α,β-unsaturated/α-hetero) is 1. The predicted octanol–water partition coefficient (Wildman–Crippen LogP) is 2.53. The second-order valence-corrected chi connectivity index (χ2v) is 2.86. The van der Waals surface area contributed by atoms with E-state index in [4.69, 9.17) is 23.2 Å². The van der Waals surface area contributed by atoms with Crippen molar-refractivity contribution in [3.05, 3.63) is 10.1 Å². The molecule has 0 amide bonds. The molecule has 0 saturated heterocycles. The molecule has 0 atom stereocenters. The first-order chi connectivity index (χ1) is 5.23. The van der Waals surface area contributed by atoms with E-state index in [1.807, 2.05) is 0 Å². The third kappa shape index (κ3) is 0.894. The van der Waals surface area contributed by atoms with Crippen LogP contribution in [0, 0.1) is 0 Å². The van der Waals surface area contributed by atoms with Gasteiger partial charge in [-0.3, -0.25) is 4.79 Å². The van der Waals surface area contributed by atoms with Crippen molar-refractivity contribution in [2.45, 2.75) is 11.8 Å². The van der Waals surface area contributed by atoms with Crippen LogP contribution in [0.3, 0.4) is 0 Å². The Balaban J connectivity index is 3.31. The summed E-state index contributed by atoms with van der Waals surface area (Å²) in [7, 11) is 0. The van der Waals surface area contributed by atoms with Crippen LogP contribution in [0.5, 0.6) is 0 Å². The molecule has 0 N–H and O–H groups in total. The van der Waals surface area contributed by atoms with Crippen molar-refractivity contribution in [1.82, 2.24) is 0 Å². The first kappa shape index (κ1) is 9.80. The van der Waals surface area contributed by atoms with Crippen LogP contribution in [0.25, 0.3) is 0 Å². The van der Waals surface area contributed by atoms with Crippen LogP contribution in [0.1, 0.15) is 0 Å². The van der Waals surface area contributed by atoms with Gasteiger partial charge in [0.05, 0.1) is 0 Å². The molecule has 0 aromatic heterocycles. The zero-order chi connectivity index (χ0) is 9.73. The molecule has 1 aliphatic rings. The van der Waals surface area contributed by atoms with Gasteiger partial charge in [0.2, 0.25) is 0 Å². The lowest BCUT2D eigenvalue weighted by Crippen LogP contribution is -2.41. The highest BCUT2D eigenvalue weighted by molar-refractivity contribution is 6.51. The van der Waals surface area contributed by atoms with E-state index < -0.39 is 27.7 Å². The Morgan fingerprint density at radius 2 is 1.42 bits per heavy atom. The SMILES string of the molecule is O=C1C(Cl)=C(Cl)C(F)(F)C1(F)F. The molecule has 0 bridgehead atoms. The zero-order valence-corrected chi connectivity index (χ0v) is 6.69. The fourth-order valence-electron chi connectivity index (χ4n) is 0.656. The van der Waals surface area contributed by atoms with Gasteiger partial charge in [-0.1, -0.05) is 23.2 Å². The average Bonchev–Trinajstić information content (AvgIpc) is 2.05. The Morgan fingerprint density at radius 1 is 1.00 bits per heavy atom. The number of carbonyl (C=O) groups excluding carboxylic acids is 1. The predicted molar refractivity (Wildman–Crippen MR) is 33.6 cm³/mol. The van der Waals surface area contributed by atoms with Crippen molar-refractivity contribution >= 4 is 29.0 Å². The van der Waals surface area contributed by atoms with Gasteiger partial charge in [-0.2, -0.15) is 17.6 Å². The number of allylic oxidation sites excluding steroid dienone is 2. The quantitative estimate of drug-likeness (QED) is 0.576. The molecule has 0 spiro atoms. The Morgan fingerprint density at radius 3 is 1.50 bits per heavy atom. The van der Waals surface area contributed by atoms with Gasteiger partial charge in [0.1, 0.15) is 10.1 Å². The lowest BCUT2D eigenvalue weighted by Gasteiger charge is -2.16. The van der Waals surface area contributed by atoms with Crippen LogP contribution in [-0.4, -0.2) is 17.6 Å². The summed E-state index contributed by atoms with van der Waals surface area (Å²) in [5, 5.41) is -2.90. The molecule has 12 heavy (non-hydrogen) atoms. The smallest absolute Gasteiger partial charge is 0.286 e. The highest BCUT2D eigenvalue weighted by Gasteiger charge is 2.70. The van der Waals surface area contributed by atoms with Gasteiger partial charge < -0.3 is 0 Å². The maximum Gasteiger partial charge on any atom is 0.377 e. The molecule has 0 aromatic rings. The van der Waals surface area contributed by atoms with Gasteiger partial charge in [-0.05, 0) is 0 Å². The third-order valence-corrected chi connectivity index (χ3v) is 2.23. The van der Waals surface area contributed by atoms with Crippen LogP contribution in [-0.2, 0) is 4.79 Å². The summed E-state index contributed by atoms with van der Waals surface area (Å²) in [5.74, 6) is -11.6. The molecule has 0 saturated carbocycles. The minimum Gasteiger partial charge on any atom is -0.286 e. The summed E-state index contributed by atoms with van der Waals surface area (Å²) in [4.78, 5) is 10.3. The summed E-state index contributed by atoms with van der Waals surface area (Å²) in [5.41, 5.74) is 0. The van der Waals surface area contributed by atoms with Gasteiger partial charge in [0.25, 0.3) is 5.78 Å². The topological polar surface area (TPSA) is 17.1 Å². The molecule has 0 fully saturated rings. The molecule has 0 heterocycles. The van der Waals surface area contributed by atoms with E-state index in [9.17, 15) is 22.4 Å². The van der Waals surface area contributed by atoms with Gasteiger partial charge in [-0.25, -0.2) is 0 Å². The molecule has 7 heteroatoms. The fraction of sp³-hybridized carbons (Fsp3) is 0.400. The Kier molecular flexibility index (Phi) is 1.92. The molecule has 1 rings (SSSR count). The largest absolute Gasteiger partial charge is 0.377 e. The summed E-state index contributed by atoms with van der Waals surface area (Å²) >= 11 is 9.55. The third-order valence-electron chi connectivity index (χ3n) is 1.35. The number of carbonyl (C=O) groups is 1. The van der Waals surface area contributed by atoms with E-state index >= 15 is 0 Å². The minimum atomic E-state index is -4.82. The van der Waals surface area contributed by atoms with Crippen molar-refractivity contribution in [3.63, 3.8) is 0 Å². The van der Waals surface area contributed by atoms with Crippen molar-refractivity contribution in [2.75, 3.05) is 0 Å². The van der Waals surface area contributed by atoms with Crippen LogP contribution in [0.4, 0.5) is 17.6 Å². The molecule has 0 unspecified atom stereocenters. The number of alkyl halides is 4. The molecule has 0 aromatic carbocycles. The van der Waals surface area contributed by atoms with Crippen molar-refractivity contribution in [2.24, 2.45) is 0 Å². The minimum absolute atomic E-state index is 1.30. The van der Waals surface area contributed by atoms with Crippen LogP contribution in [0.15, 0.2) is 10.1 Å². The zero-order valence-electron chi connectivity index (χ0n) is 5.18. The van der Waals surface area contributed by atoms with Crippen LogP contribution < -0.4 is 0 Å². The van der Waals surface area contributed by atoms with E-state index in [-0.39, 0.29) is 0 Å². The number of halogens is 6. The van der Waals surface area contributed by atoms with E-state index in [1.54, 1.807) is 0 Å². The summed E-state index contributed by atoms with van der Waals surface area (Å²) < 4.78 is 49.4. The number of ketones is 1. The van der Waals surface area contributed by atoms with Crippen LogP contribution in [0.2, 0.25) is 0 Å². The van der Waals surface area contributed by atoms with E-state index in [0.717, 1.165) is 0 Å². The van der Waals surface area contributed by atoms with E-state index in [2.05, 4.69) is 0 Å². The molecule has 1 nitrogen and oxygen atoms in total. The molecule has 0 radical (unpaired) electrons. The first-order valence-corrected chi connectivity index (χ1v) is 3.34. The van der Waals surface area contributed by atoms with Gasteiger partial charge in [-0.15, -0.1) is 0 Å². The molecule has 1 aliphatic carbocycles. The Hall–Kier alpha value is -0.290. The summed E-state index contributed by atoms with van der Waals surface area (Å²) in [6.45, 7) is 0. The van der Waals surface area contributed by atoms with Crippen molar-refractivity contribution in [3.8, 4) is 0 Å². The first-order valence-electron chi connectivity index (χ1n) is 2.59. The molecular weight excluding hydrogens is 223 g/mol. The monoisotopic (exact) mass is 222 g/mol. The molecule has 68 valence electrons. The van der Waals surface area contributed by atoms with Gasteiger partial charge >= 0.3 is 11.8 Å². The second kappa shape index (κ2) is 2.35. The van der Waals surface area contributed by atoms with E-state index in [0.29, 0.717) is 0 Å². The lowest BCUT2D eigenvalue weighted by atomic mass is 10.2. The average molecular weight is 223 g/mol. The Labute approximate surface area is 73.9 Å². The standard InChI is InChI=1S/C5Cl2F4O/c6-1-2(7)4(8,9)5(10,11)3(1)12. The van der Waals surface area contributed by atoms with Crippen molar-refractivity contribution in [1.29, 1.82) is 0 Å². The second-order valence-electron chi connectivity index (χ2n) is 2.11. The maximum atomic E-state index is 12.4. The number of rotatable bonds is 0. The molecule has 0 aliphatic heterocycles. The lowest BCUT2D eigenvalue weighted by molar-refractivity contribution is -0.180. The highest BCUT2D eigenvalue weighted by Crippen LogP contribution is 2.51. The fourth-order valence-corrected chi connectivity index (χ4v) is 1.10.